The molecular formula is C11H20O3. The highest BCUT2D eigenvalue weighted by molar-refractivity contribution is 5.77. The van der Waals surface area contributed by atoms with Crippen molar-refractivity contribution in [3.8, 4) is 0 Å². The Morgan fingerprint density at radius 3 is 2.29 bits per heavy atom. The third-order valence-corrected chi connectivity index (χ3v) is 2.97. The maximum absolute atomic E-state index is 11.2. The molecular weight excluding hydrogens is 180 g/mol. The molecule has 3 nitrogen and oxygen atoms in total. The molecule has 0 aromatic heterocycles. The van der Waals surface area contributed by atoms with E-state index in [2.05, 4.69) is 13.8 Å². The van der Waals surface area contributed by atoms with Gasteiger partial charge in [0.15, 0.2) is 5.60 Å². The maximum atomic E-state index is 11.2. The van der Waals surface area contributed by atoms with Crippen LogP contribution in [0.3, 0.4) is 0 Å². The van der Waals surface area contributed by atoms with Crippen LogP contribution < -0.4 is 0 Å². The predicted octanol–water partition coefficient (Wildman–Crippen LogP) is 2.30. The number of aliphatic carboxylic acids is 1. The van der Waals surface area contributed by atoms with Gasteiger partial charge >= 0.3 is 5.97 Å². The van der Waals surface area contributed by atoms with Gasteiger partial charge in [-0.1, -0.05) is 13.8 Å². The van der Waals surface area contributed by atoms with E-state index in [4.69, 9.17) is 4.74 Å². The van der Waals surface area contributed by atoms with E-state index in [1.807, 2.05) is 6.92 Å². The van der Waals surface area contributed by atoms with E-state index in [1.54, 1.807) is 0 Å². The van der Waals surface area contributed by atoms with Gasteiger partial charge in [-0.25, -0.2) is 4.79 Å². The summed E-state index contributed by atoms with van der Waals surface area (Å²) in [6.07, 6.45) is 2.42. The van der Waals surface area contributed by atoms with Gasteiger partial charge in [0, 0.05) is 6.61 Å². The summed E-state index contributed by atoms with van der Waals surface area (Å²) < 4.78 is 5.47. The molecule has 0 saturated heterocycles. The van der Waals surface area contributed by atoms with Crippen molar-refractivity contribution in [2.45, 2.75) is 45.6 Å². The molecule has 1 aliphatic rings. The van der Waals surface area contributed by atoms with Crippen LogP contribution in [0, 0.1) is 11.8 Å². The first-order valence-electron chi connectivity index (χ1n) is 5.37. The summed E-state index contributed by atoms with van der Waals surface area (Å²) in [5, 5.41) is 9.23. The second kappa shape index (κ2) is 4.30. The fraction of sp³-hybridized carbons (Fsp3) is 0.909. The van der Waals surface area contributed by atoms with Crippen molar-refractivity contribution >= 4 is 5.97 Å². The van der Waals surface area contributed by atoms with Gasteiger partial charge in [0.05, 0.1) is 0 Å². The lowest BCUT2D eigenvalue weighted by Crippen LogP contribution is -2.47. The lowest BCUT2D eigenvalue weighted by atomic mass is 9.73. The molecule has 0 aliphatic heterocycles. The monoisotopic (exact) mass is 200 g/mol. The lowest BCUT2D eigenvalue weighted by molar-refractivity contribution is -0.174. The molecule has 0 spiro atoms. The summed E-state index contributed by atoms with van der Waals surface area (Å²) in [7, 11) is 0. The highest BCUT2D eigenvalue weighted by atomic mass is 16.5. The molecule has 0 amide bonds. The quantitative estimate of drug-likeness (QED) is 0.760. The molecule has 1 saturated carbocycles. The number of hydrogen-bond acceptors (Lipinski definition) is 2. The molecule has 14 heavy (non-hydrogen) atoms. The van der Waals surface area contributed by atoms with Crippen molar-refractivity contribution < 1.29 is 14.6 Å². The average Bonchev–Trinajstić information content (AvgIpc) is 2.02. The number of carboxylic acid groups (broad SMARTS) is 1. The molecule has 0 aromatic carbocycles. The zero-order valence-corrected chi connectivity index (χ0v) is 9.25. The van der Waals surface area contributed by atoms with Gasteiger partial charge < -0.3 is 9.84 Å². The van der Waals surface area contributed by atoms with Gasteiger partial charge in [-0.15, -0.1) is 0 Å². The van der Waals surface area contributed by atoms with Crippen LogP contribution in [0.15, 0.2) is 0 Å². The topological polar surface area (TPSA) is 46.5 Å². The summed E-state index contributed by atoms with van der Waals surface area (Å²) in [6, 6.07) is 0. The zero-order chi connectivity index (χ0) is 10.8. The number of ether oxygens (including phenoxy) is 1. The summed E-state index contributed by atoms with van der Waals surface area (Å²) in [6.45, 7) is 6.54. The van der Waals surface area contributed by atoms with E-state index < -0.39 is 11.6 Å². The predicted molar refractivity (Wildman–Crippen MR) is 54.2 cm³/mol. The first kappa shape index (κ1) is 11.5. The molecule has 0 aromatic rings. The van der Waals surface area contributed by atoms with Crippen molar-refractivity contribution in [3.05, 3.63) is 0 Å². The summed E-state index contributed by atoms with van der Waals surface area (Å²) >= 11 is 0. The highest BCUT2D eigenvalue weighted by Gasteiger charge is 2.44. The number of rotatable bonds is 3. The normalized spacial score (nSPS) is 38.2. The number of carboxylic acids is 1. The van der Waals surface area contributed by atoms with Crippen LogP contribution in [-0.4, -0.2) is 23.3 Å². The van der Waals surface area contributed by atoms with E-state index in [0.29, 0.717) is 31.3 Å². The Kier molecular flexibility index (Phi) is 3.53. The molecule has 0 heterocycles. The zero-order valence-electron chi connectivity index (χ0n) is 9.25. The molecule has 1 fully saturated rings. The molecule has 3 heteroatoms. The Balaban J connectivity index is 2.79. The molecule has 2 atom stereocenters. The average molecular weight is 200 g/mol. The Morgan fingerprint density at radius 1 is 1.43 bits per heavy atom. The molecule has 2 unspecified atom stereocenters. The molecule has 0 radical (unpaired) electrons. The van der Waals surface area contributed by atoms with Crippen LogP contribution >= 0.6 is 0 Å². The second-order valence-corrected chi connectivity index (χ2v) is 4.59. The summed E-state index contributed by atoms with van der Waals surface area (Å²) in [5.41, 5.74) is -0.911. The molecule has 82 valence electrons. The van der Waals surface area contributed by atoms with E-state index in [1.165, 1.54) is 0 Å². The fourth-order valence-electron chi connectivity index (χ4n) is 2.69. The largest absolute Gasteiger partial charge is 0.479 e. The first-order chi connectivity index (χ1) is 6.50. The van der Waals surface area contributed by atoms with Gasteiger partial charge in [-0.2, -0.15) is 0 Å². The van der Waals surface area contributed by atoms with Gasteiger partial charge in [-0.05, 0) is 38.0 Å². The molecule has 1 aliphatic carbocycles. The van der Waals surface area contributed by atoms with Crippen molar-refractivity contribution in [2.75, 3.05) is 6.61 Å². The SMILES string of the molecule is CCOC1(C(=O)O)CC(C)CC(C)C1. The Hall–Kier alpha value is -0.570. The van der Waals surface area contributed by atoms with Gasteiger partial charge in [0.1, 0.15) is 0 Å². The minimum absolute atomic E-state index is 0.446. The Morgan fingerprint density at radius 2 is 1.93 bits per heavy atom. The molecule has 1 rings (SSSR count). The van der Waals surface area contributed by atoms with Gasteiger partial charge in [0.2, 0.25) is 0 Å². The minimum atomic E-state index is -0.911. The fourth-order valence-corrected chi connectivity index (χ4v) is 2.69. The van der Waals surface area contributed by atoms with Crippen molar-refractivity contribution in [1.82, 2.24) is 0 Å². The van der Waals surface area contributed by atoms with Crippen molar-refractivity contribution in [3.63, 3.8) is 0 Å². The van der Waals surface area contributed by atoms with E-state index in [-0.39, 0.29) is 0 Å². The van der Waals surface area contributed by atoms with Crippen LogP contribution in [0.2, 0.25) is 0 Å². The third kappa shape index (κ3) is 2.27. The highest BCUT2D eigenvalue weighted by Crippen LogP contribution is 2.38. The van der Waals surface area contributed by atoms with E-state index in [0.717, 1.165) is 6.42 Å². The third-order valence-electron chi connectivity index (χ3n) is 2.97. The van der Waals surface area contributed by atoms with Crippen molar-refractivity contribution in [2.24, 2.45) is 11.8 Å². The molecule has 0 bridgehead atoms. The van der Waals surface area contributed by atoms with Gasteiger partial charge in [-0.3, -0.25) is 0 Å². The van der Waals surface area contributed by atoms with Gasteiger partial charge in [0.25, 0.3) is 0 Å². The van der Waals surface area contributed by atoms with Crippen LogP contribution in [0.1, 0.15) is 40.0 Å². The van der Waals surface area contributed by atoms with Crippen molar-refractivity contribution in [1.29, 1.82) is 0 Å². The van der Waals surface area contributed by atoms with E-state index >= 15 is 0 Å². The van der Waals surface area contributed by atoms with Crippen LogP contribution in [-0.2, 0) is 9.53 Å². The lowest BCUT2D eigenvalue weighted by Gasteiger charge is -2.39. The smallest absolute Gasteiger partial charge is 0.335 e. The molecule has 1 N–H and O–H groups in total. The van der Waals surface area contributed by atoms with Crippen LogP contribution in [0.4, 0.5) is 0 Å². The second-order valence-electron chi connectivity index (χ2n) is 4.59. The minimum Gasteiger partial charge on any atom is -0.479 e. The summed E-state index contributed by atoms with van der Waals surface area (Å²) in [4.78, 5) is 11.2. The van der Waals surface area contributed by atoms with E-state index in [9.17, 15) is 9.90 Å². The Labute approximate surface area is 85.5 Å². The first-order valence-corrected chi connectivity index (χ1v) is 5.37. The van der Waals surface area contributed by atoms with Crippen LogP contribution in [0.5, 0.6) is 0 Å². The van der Waals surface area contributed by atoms with Crippen LogP contribution in [0.25, 0.3) is 0 Å². The Bertz CT molecular complexity index is 203. The maximum Gasteiger partial charge on any atom is 0.335 e. The summed E-state index contributed by atoms with van der Waals surface area (Å²) in [5.74, 6) is 0.0977. The standard InChI is InChI=1S/C11H20O3/c1-4-14-11(10(12)13)6-8(2)5-9(3)7-11/h8-9H,4-7H2,1-3H3,(H,12,13). The number of hydrogen-bond donors (Lipinski definition) is 1. The number of carbonyl (C=O) groups is 1.